The van der Waals surface area contributed by atoms with E-state index in [4.69, 9.17) is 4.74 Å². The summed E-state index contributed by atoms with van der Waals surface area (Å²) < 4.78 is 5.05. The average Bonchev–Trinajstić information content (AvgIpc) is 2.64. The molecule has 3 rings (SSSR count). The third-order valence-electron chi connectivity index (χ3n) is 3.38. The Morgan fingerprint density at radius 1 is 1.00 bits per heavy atom. The van der Waals surface area contributed by atoms with Crippen LogP contribution in [0.15, 0.2) is 66.0 Å². The van der Waals surface area contributed by atoms with E-state index in [9.17, 15) is 5.11 Å². The molecule has 0 saturated carbocycles. The van der Waals surface area contributed by atoms with Crippen molar-refractivity contribution in [2.24, 2.45) is 5.10 Å². The summed E-state index contributed by atoms with van der Waals surface area (Å²) in [4.78, 5) is 8.44. The SMILES string of the molecule is COc1cccc(/C=N\Nc2ncc(-c3ccccc3)cn2)c1O. The van der Waals surface area contributed by atoms with Crippen LogP contribution >= 0.6 is 0 Å². The van der Waals surface area contributed by atoms with Crippen LogP contribution in [0, 0.1) is 0 Å². The molecule has 3 aromatic rings. The lowest BCUT2D eigenvalue weighted by molar-refractivity contribution is 0.373. The molecule has 0 saturated heterocycles. The number of phenolic OH excluding ortho intramolecular Hbond substituents is 1. The highest BCUT2D eigenvalue weighted by molar-refractivity contribution is 5.85. The molecule has 6 nitrogen and oxygen atoms in total. The highest BCUT2D eigenvalue weighted by Gasteiger charge is 2.04. The van der Waals surface area contributed by atoms with Gasteiger partial charge in [0, 0.05) is 23.5 Å². The average molecular weight is 320 g/mol. The Kier molecular flexibility index (Phi) is 4.67. The van der Waals surface area contributed by atoms with Gasteiger partial charge in [-0.25, -0.2) is 15.4 Å². The van der Waals surface area contributed by atoms with Gasteiger partial charge in [-0.3, -0.25) is 0 Å². The number of anilines is 1. The van der Waals surface area contributed by atoms with Crippen LogP contribution in [0.3, 0.4) is 0 Å². The fourth-order valence-electron chi connectivity index (χ4n) is 2.13. The minimum atomic E-state index is 0.0332. The zero-order chi connectivity index (χ0) is 16.8. The van der Waals surface area contributed by atoms with Crippen LogP contribution in [0.4, 0.5) is 5.95 Å². The highest BCUT2D eigenvalue weighted by atomic mass is 16.5. The predicted octanol–water partition coefficient (Wildman–Crippen LogP) is 3.30. The van der Waals surface area contributed by atoms with Gasteiger partial charge in [-0.05, 0) is 17.7 Å². The smallest absolute Gasteiger partial charge is 0.243 e. The predicted molar refractivity (Wildman–Crippen MR) is 93.3 cm³/mol. The molecule has 0 radical (unpaired) electrons. The number of phenols is 1. The van der Waals surface area contributed by atoms with Gasteiger partial charge in [-0.15, -0.1) is 0 Å². The van der Waals surface area contributed by atoms with E-state index in [0.29, 0.717) is 17.3 Å². The molecule has 0 aliphatic heterocycles. The first-order chi connectivity index (χ1) is 11.8. The summed E-state index contributed by atoms with van der Waals surface area (Å²) in [7, 11) is 1.50. The van der Waals surface area contributed by atoms with Gasteiger partial charge in [0.25, 0.3) is 0 Å². The fraction of sp³-hybridized carbons (Fsp3) is 0.0556. The zero-order valence-electron chi connectivity index (χ0n) is 13.0. The molecule has 0 fully saturated rings. The molecule has 120 valence electrons. The van der Waals surface area contributed by atoms with Gasteiger partial charge in [-0.1, -0.05) is 36.4 Å². The number of benzene rings is 2. The fourth-order valence-corrected chi connectivity index (χ4v) is 2.13. The maximum Gasteiger partial charge on any atom is 0.243 e. The van der Waals surface area contributed by atoms with Crippen molar-refractivity contribution < 1.29 is 9.84 Å². The van der Waals surface area contributed by atoms with Crippen LogP contribution in [0.25, 0.3) is 11.1 Å². The number of methoxy groups -OCH3 is 1. The number of rotatable bonds is 5. The van der Waals surface area contributed by atoms with Crippen LogP contribution in [-0.4, -0.2) is 28.4 Å². The Bertz CT molecular complexity index is 833. The molecular weight excluding hydrogens is 304 g/mol. The highest BCUT2D eigenvalue weighted by Crippen LogP contribution is 2.28. The van der Waals surface area contributed by atoms with Crippen molar-refractivity contribution in [2.45, 2.75) is 0 Å². The molecular formula is C18H16N4O2. The summed E-state index contributed by atoms with van der Waals surface area (Å²) in [6.45, 7) is 0. The number of aromatic hydroxyl groups is 1. The maximum atomic E-state index is 9.97. The van der Waals surface area contributed by atoms with Crippen LogP contribution in [0.1, 0.15) is 5.56 Å². The van der Waals surface area contributed by atoms with Gasteiger partial charge < -0.3 is 9.84 Å². The molecule has 0 atom stereocenters. The Hall–Kier alpha value is -3.41. The first kappa shape index (κ1) is 15.5. The lowest BCUT2D eigenvalue weighted by atomic mass is 10.1. The number of hydrogen-bond acceptors (Lipinski definition) is 6. The molecule has 0 spiro atoms. The van der Waals surface area contributed by atoms with E-state index in [-0.39, 0.29) is 5.75 Å². The number of nitrogens with one attached hydrogen (secondary N) is 1. The summed E-state index contributed by atoms with van der Waals surface area (Å²) in [6, 6.07) is 15.0. The third-order valence-corrected chi connectivity index (χ3v) is 3.38. The number of para-hydroxylation sites is 1. The van der Waals surface area contributed by atoms with Crippen molar-refractivity contribution >= 4 is 12.2 Å². The molecule has 1 aromatic heterocycles. The summed E-state index contributed by atoms with van der Waals surface area (Å²) in [5, 5.41) is 14.0. The second-order valence-corrected chi connectivity index (χ2v) is 4.93. The van der Waals surface area contributed by atoms with Gasteiger partial charge in [0.15, 0.2) is 11.5 Å². The van der Waals surface area contributed by atoms with Crippen molar-refractivity contribution in [1.82, 2.24) is 9.97 Å². The number of nitrogens with zero attached hydrogens (tertiary/aromatic N) is 3. The van der Waals surface area contributed by atoms with Crippen molar-refractivity contribution in [3.63, 3.8) is 0 Å². The lowest BCUT2D eigenvalue weighted by Gasteiger charge is -2.05. The Labute approximate surface area is 139 Å². The van der Waals surface area contributed by atoms with E-state index in [1.807, 2.05) is 30.3 Å². The molecule has 0 aliphatic rings. The van der Waals surface area contributed by atoms with E-state index >= 15 is 0 Å². The van der Waals surface area contributed by atoms with Crippen molar-refractivity contribution in [3.8, 4) is 22.6 Å². The summed E-state index contributed by atoms with van der Waals surface area (Å²) in [5.41, 5.74) is 5.24. The number of ether oxygens (including phenoxy) is 1. The summed E-state index contributed by atoms with van der Waals surface area (Å²) in [5.74, 6) is 0.793. The topological polar surface area (TPSA) is 79.6 Å². The van der Waals surface area contributed by atoms with E-state index in [1.165, 1.54) is 13.3 Å². The molecule has 1 heterocycles. The Morgan fingerprint density at radius 2 is 1.75 bits per heavy atom. The van der Waals surface area contributed by atoms with E-state index in [1.54, 1.807) is 30.6 Å². The maximum absolute atomic E-state index is 9.97. The first-order valence-corrected chi connectivity index (χ1v) is 7.30. The third kappa shape index (κ3) is 3.49. The van der Waals surface area contributed by atoms with Gasteiger partial charge in [0.05, 0.1) is 13.3 Å². The van der Waals surface area contributed by atoms with E-state index in [0.717, 1.165) is 11.1 Å². The largest absolute Gasteiger partial charge is 0.504 e. The van der Waals surface area contributed by atoms with Gasteiger partial charge in [0.1, 0.15) is 0 Å². The lowest BCUT2D eigenvalue weighted by Crippen LogP contribution is -1.97. The number of hydrazone groups is 1. The Balaban J connectivity index is 1.69. The van der Waals surface area contributed by atoms with Crippen molar-refractivity contribution in [2.75, 3.05) is 12.5 Å². The molecule has 2 aromatic carbocycles. The minimum absolute atomic E-state index is 0.0332. The standard InChI is InChI=1S/C18H16N4O2/c1-24-16-9-5-8-14(17(16)23)12-21-22-18-19-10-15(11-20-18)13-6-3-2-4-7-13/h2-12,23H,1H3,(H,19,20,22)/b21-12-. The van der Waals surface area contributed by atoms with Gasteiger partial charge >= 0.3 is 0 Å². The van der Waals surface area contributed by atoms with Crippen LogP contribution in [0.5, 0.6) is 11.5 Å². The second kappa shape index (κ2) is 7.23. The second-order valence-electron chi connectivity index (χ2n) is 4.93. The zero-order valence-corrected chi connectivity index (χ0v) is 13.0. The van der Waals surface area contributed by atoms with Crippen LogP contribution < -0.4 is 10.2 Å². The molecule has 6 heteroatoms. The first-order valence-electron chi connectivity index (χ1n) is 7.30. The normalized spacial score (nSPS) is 10.7. The Morgan fingerprint density at radius 3 is 2.46 bits per heavy atom. The van der Waals surface area contributed by atoms with Gasteiger partial charge in [-0.2, -0.15) is 5.10 Å². The molecule has 0 bridgehead atoms. The van der Waals surface area contributed by atoms with E-state index in [2.05, 4.69) is 20.5 Å². The van der Waals surface area contributed by atoms with E-state index < -0.39 is 0 Å². The quantitative estimate of drug-likeness (QED) is 0.557. The molecule has 0 amide bonds. The molecule has 0 unspecified atom stereocenters. The molecule has 2 N–H and O–H groups in total. The van der Waals surface area contributed by atoms with Crippen LogP contribution in [0.2, 0.25) is 0 Å². The summed E-state index contributed by atoms with van der Waals surface area (Å²) in [6.07, 6.45) is 4.93. The minimum Gasteiger partial charge on any atom is -0.504 e. The number of aromatic nitrogens is 2. The number of hydrogen-bond donors (Lipinski definition) is 2. The van der Waals surface area contributed by atoms with Crippen molar-refractivity contribution in [1.29, 1.82) is 0 Å². The summed E-state index contributed by atoms with van der Waals surface area (Å²) >= 11 is 0. The molecule has 24 heavy (non-hydrogen) atoms. The van der Waals surface area contributed by atoms with Crippen molar-refractivity contribution in [3.05, 3.63) is 66.5 Å². The van der Waals surface area contributed by atoms with Gasteiger partial charge in [0.2, 0.25) is 5.95 Å². The van der Waals surface area contributed by atoms with Crippen LogP contribution in [-0.2, 0) is 0 Å². The molecule has 0 aliphatic carbocycles. The monoisotopic (exact) mass is 320 g/mol.